The summed E-state index contributed by atoms with van der Waals surface area (Å²) in [6, 6.07) is 70.5. The lowest BCUT2D eigenvalue weighted by molar-refractivity contribution is -0.138. The zero-order valence-electron chi connectivity index (χ0n) is 74.2. The number of aliphatic carboxylic acids is 8. The van der Waals surface area contributed by atoms with Crippen LogP contribution in [0.5, 0.6) is 0 Å². The average molecular weight is 1840 g/mol. The predicted octanol–water partition coefficient (Wildman–Crippen LogP) is 21.6. The van der Waals surface area contributed by atoms with Gasteiger partial charge in [-0.25, -0.2) is 19.9 Å². The van der Waals surface area contributed by atoms with Crippen molar-refractivity contribution in [2.24, 2.45) is 0 Å². The van der Waals surface area contributed by atoms with E-state index in [4.69, 9.17) is 19.9 Å². The highest BCUT2D eigenvalue weighted by molar-refractivity contribution is 6.07. The minimum Gasteiger partial charge on any atom is -0.481 e. The summed E-state index contributed by atoms with van der Waals surface area (Å²) in [6.45, 7) is 0. The van der Waals surface area contributed by atoms with Crippen LogP contribution in [0.1, 0.15) is 167 Å². The molecule has 16 bridgehead atoms. The van der Waals surface area contributed by atoms with Crippen molar-refractivity contribution >= 4 is 156 Å². The molecule has 12 N–H and O–H groups in total. The smallest absolute Gasteiger partial charge is 0.303 e. The van der Waals surface area contributed by atoms with Gasteiger partial charge in [-0.15, -0.1) is 0 Å². The molecule has 0 aliphatic carbocycles. The Hall–Kier alpha value is -18.7. The largest absolute Gasteiger partial charge is 0.481 e. The quantitative estimate of drug-likeness (QED) is 0.0182. The van der Waals surface area contributed by atoms with Gasteiger partial charge < -0.3 is 65.7 Å². The maximum absolute atomic E-state index is 13.1. The van der Waals surface area contributed by atoms with Crippen LogP contribution in [0.4, 0.5) is 17.1 Å². The molecule has 0 unspecified atom stereocenters. The van der Waals surface area contributed by atoms with Gasteiger partial charge in [0.25, 0.3) is 0 Å². The molecule has 0 atom stereocenters. The van der Waals surface area contributed by atoms with Crippen molar-refractivity contribution in [3.05, 3.63) is 302 Å². The second-order valence-electron chi connectivity index (χ2n) is 33.8. The van der Waals surface area contributed by atoms with Crippen LogP contribution in [0, 0.1) is 45.3 Å². The highest BCUT2D eigenvalue weighted by Gasteiger charge is 2.31. The minimum atomic E-state index is -1.14. The molecule has 684 valence electrons. The van der Waals surface area contributed by atoms with Crippen molar-refractivity contribution in [3.63, 3.8) is 0 Å². The molecule has 0 radical (unpaired) electrons. The Bertz CT molecular complexity index is 7410. The van der Waals surface area contributed by atoms with E-state index in [0.29, 0.717) is 229 Å². The molecular weight excluding hydrogens is 1760 g/mol. The van der Waals surface area contributed by atoms with Crippen molar-refractivity contribution in [1.82, 2.24) is 39.9 Å². The van der Waals surface area contributed by atoms with Crippen LogP contribution in [0.15, 0.2) is 212 Å². The number of carboxylic acids is 8. The summed E-state index contributed by atoms with van der Waals surface area (Å²) < 4.78 is 0. The third-order valence-electron chi connectivity index (χ3n) is 24.7. The Kier molecular flexibility index (Phi) is 26.5. The molecule has 6 aromatic heterocycles. The van der Waals surface area contributed by atoms with Gasteiger partial charge >= 0.3 is 47.8 Å². The third-order valence-corrected chi connectivity index (χ3v) is 24.7. The Morgan fingerprint density at radius 3 is 0.806 bits per heavy atom. The molecule has 17 rings (SSSR count). The highest BCUT2D eigenvalue weighted by Crippen LogP contribution is 2.49. The molecule has 4 aliphatic rings. The summed E-state index contributed by atoms with van der Waals surface area (Å²) in [5.74, 6) is -8.93. The lowest BCUT2D eigenvalue weighted by Gasteiger charge is -2.26. The number of rotatable bonds is 33. The maximum Gasteiger partial charge on any atom is 0.303 e. The number of aromatic nitrogens is 8. The van der Waals surface area contributed by atoms with Gasteiger partial charge in [-0.1, -0.05) is 91.0 Å². The Labute approximate surface area is 792 Å². The van der Waals surface area contributed by atoms with Crippen LogP contribution in [-0.4, -0.2) is 128 Å². The summed E-state index contributed by atoms with van der Waals surface area (Å²) >= 11 is 0. The number of carboxylic acid groups (broad SMARTS) is 8. The number of benzene rings is 7. The van der Waals surface area contributed by atoms with Gasteiger partial charge in [0.05, 0.1) is 103 Å². The standard InChI is InChI=1S/C110H83N13O16/c111-56-60-6-14-64(15-7-60)101-85-46-70(26-38-93(124)125)81(115-85)54-82-71(27-39-94(126)127)47-86(116-82)102(65-16-8-61(57-112)9-17-65)90-51-75(31-43-98(134)135)108(120-90)105(107-74(30-42-97(132)133)50-89(101)119-107)68-22-34-79(35-23-68)123(78-4-2-1-3-5-78)80-36-24-69(25-37-80)106-109-76(32-44-99(136)137)52-91(121-109)103(66-18-10-62(58-113)11-19-66)87-48-72(28-40-95(128)129)83(117-87)55-84-73(29-41-96(130)131)49-88(118-84)104(67-20-12-63(59-114)13-21-67)92-53-77(110(106)122-92)33-45-100(138)139/h1-25,34-37,46-55,115,117,120,122H,26-33,38-45H2,(H,124,125)(H,126,127)(H,128,129)(H,130,131)(H,132,133)(H,134,135)(H,136,137)(H,138,139). The predicted molar refractivity (Wildman–Crippen MR) is 525 cm³/mol. The van der Waals surface area contributed by atoms with Crippen molar-refractivity contribution in [2.45, 2.75) is 103 Å². The average Bonchev–Trinajstić information content (AvgIpc) is 1.59. The van der Waals surface area contributed by atoms with Gasteiger partial charge in [0.15, 0.2) is 0 Å². The Morgan fingerprint density at radius 1 is 0.259 bits per heavy atom. The van der Waals surface area contributed by atoms with E-state index < -0.39 is 73.4 Å². The molecule has 139 heavy (non-hydrogen) atoms. The van der Waals surface area contributed by atoms with Crippen molar-refractivity contribution in [2.75, 3.05) is 4.90 Å². The number of aryl methyl sites for hydroxylation is 4. The fourth-order valence-corrected chi connectivity index (χ4v) is 18.1. The van der Waals surface area contributed by atoms with Crippen LogP contribution in [-0.2, 0) is 64.0 Å². The number of nitrogens with one attached hydrogen (secondary N) is 4. The van der Waals surface area contributed by atoms with Crippen LogP contribution >= 0.6 is 0 Å². The summed E-state index contributed by atoms with van der Waals surface area (Å²) in [5, 5.41) is 125. The van der Waals surface area contributed by atoms with Crippen LogP contribution in [0.3, 0.4) is 0 Å². The molecule has 0 spiro atoms. The van der Waals surface area contributed by atoms with Crippen LogP contribution < -0.4 is 4.90 Å². The van der Waals surface area contributed by atoms with Crippen molar-refractivity contribution < 1.29 is 79.2 Å². The van der Waals surface area contributed by atoms with Gasteiger partial charge in [0, 0.05) is 135 Å². The lowest BCUT2D eigenvalue weighted by atomic mass is 9.94. The molecule has 0 saturated heterocycles. The van der Waals surface area contributed by atoms with Gasteiger partial charge in [0.2, 0.25) is 0 Å². The molecule has 10 heterocycles. The first-order valence-electron chi connectivity index (χ1n) is 44.5. The highest BCUT2D eigenvalue weighted by atomic mass is 16.4. The van der Waals surface area contributed by atoms with Crippen molar-refractivity contribution in [3.8, 4) is 91.0 Å². The van der Waals surface area contributed by atoms with E-state index in [2.05, 4.69) is 44.2 Å². The van der Waals surface area contributed by atoms with Gasteiger partial charge in [0.1, 0.15) is 0 Å². The van der Waals surface area contributed by atoms with E-state index in [9.17, 15) is 100 Å². The first-order chi connectivity index (χ1) is 67.2. The Balaban J connectivity index is 0.947. The van der Waals surface area contributed by atoms with Gasteiger partial charge in [-0.2, -0.15) is 21.0 Å². The molecule has 0 amide bonds. The lowest BCUT2D eigenvalue weighted by Crippen LogP contribution is -2.09. The number of carbonyl (C=O) groups is 8. The second kappa shape index (κ2) is 40.0. The maximum atomic E-state index is 13.1. The van der Waals surface area contributed by atoms with Gasteiger partial charge in [-0.05, 0) is 275 Å². The number of fused-ring (bicyclic) bond motifs is 16. The number of aromatic amines is 4. The van der Waals surface area contributed by atoms with Crippen molar-refractivity contribution in [1.29, 1.82) is 21.0 Å². The van der Waals surface area contributed by atoms with Gasteiger partial charge in [-0.3, -0.25) is 38.4 Å². The molecule has 0 saturated carbocycles. The number of nitrogens with zero attached hydrogens (tertiary/aromatic N) is 9. The number of allylic oxidation sites excluding steroid dienone is 4. The zero-order chi connectivity index (χ0) is 97.4. The number of hydrogen-bond donors (Lipinski definition) is 12. The van der Waals surface area contributed by atoms with E-state index in [-0.39, 0.29) is 88.4 Å². The molecule has 29 nitrogen and oxygen atoms in total. The molecular formula is C110H83N13O16. The number of H-pyrrole nitrogens is 4. The Morgan fingerprint density at radius 2 is 0.504 bits per heavy atom. The zero-order valence-corrected chi connectivity index (χ0v) is 74.2. The SMILES string of the molecule is N#Cc1ccc(-c2c3nc(c(-c4ccc(N(c5ccccc5)c5ccc(-c6c7nc(c(-c8ccc(C#N)cc8)c8cc(CCC(=O)O)c(cc9nc(c(-c%10ccc(C#N)cc%10)c%10cc(CCC(=O)O)c6[nH]%10)C=C9CCC(=O)O)[nH]8)C=C7CCC(=O)O)cc5)cc4)c4[nH]c(cc4CCC(=O)O)c(-c4ccc(C#N)cc4)c4nc(cc5[nH]c2cc5CCC(=O)O)C(CCC(=O)O)=C4)C(CCC(=O)O)=C3)cc1. The van der Waals surface area contributed by atoms with Crippen LogP contribution in [0.25, 0.3) is 157 Å². The number of hydrogen-bond acceptors (Lipinski definition) is 17. The summed E-state index contributed by atoms with van der Waals surface area (Å²) in [5.41, 5.74) is 18.0. The molecule has 29 heteroatoms. The van der Waals surface area contributed by atoms with E-state index in [1.165, 1.54) is 0 Å². The van der Waals surface area contributed by atoms with Crippen LogP contribution in [0.2, 0.25) is 0 Å². The normalized spacial score (nSPS) is 11.9. The number of anilines is 3. The summed E-state index contributed by atoms with van der Waals surface area (Å²) in [6.07, 6.45) is 3.77. The van der Waals surface area contributed by atoms with E-state index >= 15 is 0 Å². The van der Waals surface area contributed by atoms with E-state index in [1.54, 1.807) is 158 Å². The number of nitriles is 4. The molecule has 4 aliphatic heterocycles. The minimum absolute atomic E-state index is 0.00380. The molecule has 13 aromatic rings. The summed E-state index contributed by atoms with van der Waals surface area (Å²) in [4.78, 5) is 141. The number of para-hydroxylation sites is 1. The fraction of sp³-hybridized carbons (Fsp3) is 0.145. The third kappa shape index (κ3) is 20.2. The fourth-order valence-electron chi connectivity index (χ4n) is 18.1. The van der Waals surface area contributed by atoms with E-state index in [0.717, 1.165) is 0 Å². The molecule has 0 fully saturated rings. The molecule has 7 aromatic carbocycles. The van der Waals surface area contributed by atoms with E-state index in [1.807, 2.05) is 83.8 Å². The first-order valence-corrected chi connectivity index (χ1v) is 44.5. The monoisotopic (exact) mass is 1840 g/mol. The first kappa shape index (κ1) is 92.1. The topological polar surface area (TPSA) is 512 Å². The summed E-state index contributed by atoms with van der Waals surface area (Å²) in [7, 11) is 0. The second-order valence-corrected chi connectivity index (χ2v) is 33.8.